The number of para-hydroxylation sites is 1. The fraction of sp³-hybridized carbons (Fsp3) is 0.294. The molecule has 2 aromatic rings. The van der Waals surface area contributed by atoms with Gasteiger partial charge in [0.25, 0.3) is 0 Å². The van der Waals surface area contributed by atoms with Crippen molar-refractivity contribution in [3.63, 3.8) is 0 Å². The largest absolute Gasteiger partial charge is 0.457 e. The molecule has 21 heavy (non-hydrogen) atoms. The number of nitrogens with one attached hydrogen (secondary N) is 1. The van der Waals surface area contributed by atoms with Crippen molar-refractivity contribution in [2.24, 2.45) is 0 Å². The number of ether oxygens (including phenoxy) is 1. The Hall–Kier alpha value is -1.16. The third kappa shape index (κ3) is 3.94. The molecule has 1 aliphatic heterocycles. The van der Waals surface area contributed by atoms with Crippen LogP contribution in [0.25, 0.3) is 0 Å². The van der Waals surface area contributed by atoms with Crippen LogP contribution in [0, 0.1) is 0 Å². The fourth-order valence-electron chi connectivity index (χ4n) is 2.58. The van der Waals surface area contributed by atoms with E-state index in [2.05, 4.69) is 41.9 Å². The molecular formula is C17H20ClNOS. The van der Waals surface area contributed by atoms with E-state index in [-0.39, 0.29) is 12.4 Å². The fourth-order valence-corrected chi connectivity index (χ4v) is 2.99. The van der Waals surface area contributed by atoms with Gasteiger partial charge in [0.15, 0.2) is 0 Å². The van der Waals surface area contributed by atoms with Gasteiger partial charge in [0.1, 0.15) is 11.5 Å². The van der Waals surface area contributed by atoms with Crippen LogP contribution < -0.4 is 10.1 Å². The first-order valence-electron chi connectivity index (χ1n) is 7.01. The van der Waals surface area contributed by atoms with Crippen LogP contribution in [0.1, 0.15) is 24.4 Å². The summed E-state index contributed by atoms with van der Waals surface area (Å²) < 4.78 is 6.07. The summed E-state index contributed by atoms with van der Waals surface area (Å²) in [6.07, 6.45) is 4.50. The molecule has 1 aliphatic rings. The van der Waals surface area contributed by atoms with Gasteiger partial charge in [-0.1, -0.05) is 18.2 Å². The highest BCUT2D eigenvalue weighted by Gasteiger charge is 2.19. The SMILES string of the molecule is CSc1ccc(Oc2ccccc2C2CCCN2)cc1.Cl. The topological polar surface area (TPSA) is 21.3 Å². The molecule has 0 aromatic heterocycles. The lowest BCUT2D eigenvalue weighted by Crippen LogP contribution is -2.13. The van der Waals surface area contributed by atoms with Gasteiger partial charge in [0.05, 0.1) is 0 Å². The monoisotopic (exact) mass is 321 g/mol. The predicted octanol–water partition coefficient (Wildman–Crippen LogP) is 5.05. The second kappa shape index (κ2) is 7.74. The Morgan fingerprint density at radius 2 is 1.86 bits per heavy atom. The Balaban J connectivity index is 0.00000161. The van der Waals surface area contributed by atoms with Gasteiger partial charge in [-0.15, -0.1) is 24.2 Å². The van der Waals surface area contributed by atoms with Crippen molar-refractivity contribution < 1.29 is 4.74 Å². The molecule has 0 spiro atoms. The summed E-state index contributed by atoms with van der Waals surface area (Å²) in [5.41, 5.74) is 1.26. The lowest BCUT2D eigenvalue weighted by Gasteiger charge is -2.16. The quantitative estimate of drug-likeness (QED) is 0.796. The molecule has 2 nitrogen and oxygen atoms in total. The van der Waals surface area contributed by atoms with Crippen LogP contribution in [0.2, 0.25) is 0 Å². The molecule has 0 bridgehead atoms. The predicted molar refractivity (Wildman–Crippen MR) is 92.0 cm³/mol. The van der Waals surface area contributed by atoms with Gasteiger partial charge in [-0.25, -0.2) is 0 Å². The van der Waals surface area contributed by atoms with Crippen molar-refractivity contribution in [2.75, 3.05) is 12.8 Å². The van der Waals surface area contributed by atoms with Crippen LogP contribution in [0.15, 0.2) is 53.4 Å². The molecule has 4 heteroatoms. The van der Waals surface area contributed by atoms with Gasteiger partial charge in [0.2, 0.25) is 0 Å². The highest BCUT2D eigenvalue weighted by molar-refractivity contribution is 7.98. The minimum absolute atomic E-state index is 0. The standard InChI is InChI=1S/C17H19NOS.ClH/c1-20-14-10-8-13(9-11-14)19-17-7-3-2-5-15(17)16-6-4-12-18-16;/h2-3,5,7-11,16,18H,4,6,12H2,1H3;1H. The lowest BCUT2D eigenvalue weighted by molar-refractivity contribution is 0.465. The molecule has 1 fully saturated rings. The highest BCUT2D eigenvalue weighted by atomic mass is 35.5. The lowest BCUT2D eigenvalue weighted by atomic mass is 10.0. The van der Waals surface area contributed by atoms with Gasteiger partial charge in [-0.2, -0.15) is 0 Å². The van der Waals surface area contributed by atoms with Gasteiger partial charge < -0.3 is 10.1 Å². The number of halogens is 1. The Bertz CT molecular complexity index is 567. The molecule has 1 atom stereocenters. The number of thioether (sulfide) groups is 1. The number of rotatable bonds is 4. The van der Waals surface area contributed by atoms with Crippen molar-refractivity contribution >= 4 is 24.2 Å². The second-order valence-corrected chi connectivity index (χ2v) is 5.84. The Morgan fingerprint density at radius 3 is 2.52 bits per heavy atom. The third-order valence-electron chi connectivity index (χ3n) is 3.64. The van der Waals surface area contributed by atoms with Crippen LogP contribution in [-0.4, -0.2) is 12.8 Å². The molecule has 1 N–H and O–H groups in total. The molecule has 112 valence electrons. The first kappa shape index (κ1) is 16.2. The maximum Gasteiger partial charge on any atom is 0.132 e. The normalized spacial score (nSPS) is 17.3. The molecular weight excluding hydrogens is 302 g/mol. The zero-order valence-electron chi connectivity index (χ0n) is 12.0. The Kier molecular flexibility index (Phi) is 5.97. The summed E-state index contributed by atoms with van der Waals surface area (Å²) in [6, 6.07) is 17.0. The summed E-state index contributed by atoms with van der Waals surface area (Å²) in [4.78, 5) is 1.25. The van der Waals surface area contributed by atoms with Crippen molar-refractivity contribution in [3.05, 3.63) is 54.1 Å². The summed E-state index contributed by atoms with van der Waals surface area (Å²) in [7, 11) is 0. The third-order valence-corrected chi connectivity index (χ3v) is 4.39. The number of hydrogen-bond acceptors (Lipinski definition) is 3. The Labute approximate surface area is 136 Å². The molecule has 3 rings (SSSR count). The average Bonchev–Trinajstić information content (AvgIpc) is 3.03. The van der Waals surface area contributed by atoms with Gasteiger partial charge >= 0.3 is 0 Å². The van der Waals surface area contributed by atoms with E-state index in [0.29, 0.717) is 6.04 Å². The van der Waals surface area contributed by atoms with Crippen LogP contribution >= 0.6 is 24.2 Å². The summed E-state index contributed by atoms with van der Waals surface area (Å²) >= 11 is 1.74. The minimum atomic E-state index is 0. The summed E-state index contributed by atoms with van der Waals surface area (Å²) in [5.74, 6) is 1.86. The highest BCUT2D eigenvalue weighted by Crippen LogP contribution is 2.33. The van der Waals surface area contributed by atoms with E-state index in [9.17, 15) is 0 Å². The van der Waals surface area contributed by atoms with Gasteiger partial charge in [0, 0.05) is 16.5 Å². The number of hydrogen-bond donors (Lipinski definition) is 1. The maximum atomic E-state index is 6.07. The van der Waals surface area contributed by atoms with E-state index >= 15 is 0 Å². The van der Waals surface area contributed by atoms with Crippen molar-refractivity contribution in [3.8, 4) is 11.5 Å². The van der Waals surface area contributed by atoms with Crippen LogP contribution in [0.3, 0.4) is 0 Å². The molecule has 2 aromatic carbocycles. The van der Waals surface area contributed by atoms with E-state index in [4.69, 9.17) is 4.74 Å². The zero-order valence-corrected chi connectivity index (χ0v) is 13.7. The molecule has 0 aliphatic carbocycles. The first-order valence-corrected chi connectivity index (χ1v) is 8.23. The van der Waals surface area contributed by atoms with E-state index in [1.54, 1.807) is 11.8 Å². The molecule has 0 amide bonds. The second-order valence-electron chi connectivity index (χ2n) is 4.96. The molecule has 0 saturated carbocycles. The zero-order chi connectivity index (χ0) is 13.8. The smallest absolute Gasteiger partial charge is 0.132 e. The van der Waals surface area contributed by atoms with E-state index < -0.39 is 0 Å². The molecule has 0 radical (unpaired) electrons. The maximum absolute atomic E-state index is 6.07. The molecule has 1 heterocycles. The van der Waals surface area contributed by atoms with Gasteiger partial charge in [-0.05, 0) is 56.0 Å². The van der Waals surface area contributed by atoms with E-state index in [0.717, 1.165) is 18.0 Å². The van der Waals surface area contributed by atoms with Crippen LogP contribution in [0.5, 0.6) is 11.5 Å². The van der Waals surface area contributed by atoms with Crippen LogP contribution in [0.4, 0.5) is 0 Å². The minimum Gasteiger partial charge on any atom is -0.457 e. The van der Waals surface area contributed by atoms with E-state index in [1.807, 2.05) is 18.2 Å². The van der Waals surface area contributed by atoms with Crippen molar-refractivity contribution in [2.45, 2.75) is 23.8 Å². The van der Waals surface area contributed by atoms with Crippen molar-refractivity contribution in [1.29, 1.82) is 0 Å². The summed E-state index contributed by atoms with van der Waals surface area (Å²) in [6.45, 7) is 1.10. The van der Waals surface area contributed by atoms with Gasteiger partial charge in [-0.3, -0.25) is 0 Å². The number of benzene rings is 2. The molecule has 1 unspecified atom stereocenters. The first-order chi connectivity index (χ1) is 9.86. The summed E-state index contributed by atoms with van der Waals surface area (Å²) in [5, 5.41) is 3.53. The van der Waals surface area contributed by atoms with E-state index in [1.165, 1.54) is 23.3 Å². The van der Waals surface area contributed by atoms with Crippen molar-refractivity contribution in [1.82, 2.24) is 5.32 Å². The Morgan fingerprint density at radius 1 is 1.10 bits per heavy atom. The molecule has 1 saturated heterocycles. The van der Waals surface area contributed by atoms with Crippen LogP contribution in [-0.2, 0) is 0 Å². The average molecular weight is 322 g/mol.